The molecule has 0 unspecified atom stereocenters. The molecule has 2 amide bonds. The molecule has 5 nitrogen and oxygen atoms in total. The first kappa shape index (κ1) is 10.1. The van der Waals surface area contributed by atoms with Crippen LogP contribution in [0.15, 0.2) is 36.3 Å². The Labute approximate surface area is 99.1 Å². The summed E-state index contributed by atoms with van der Waals surface area (Å²) in [5.41, 5.74) is 1.08. The SMILES string of the molecule is O=C1CC[C@H](N2C=C3C=CC=CN3C2)C(=O)N1. The molecule has 3 aliphatic heterocycles. The maximum absolute atomic E-state index is 11.7. The van der Waals surface area contributed by atoms with E-state index in [1.54, 1.807) is 0 Å². The van der Waals surface area contributed by atoms with E-state index in [4.69, 9.17) is 0 Å². The van der Waals surface area contributed by atoms with Crippen LogP contribution in [0.4, 0.5) is 0 Å². The number of allylic oxidation sites excluding steroid dienone is 3. The Morgan fingerprint density at radius 3 is 2.94 bits per heavy atom. The van der Waals surface area contributed by atoms with Crippen molar-refractivity contribution in [3.8, 4) is 0 Å². The summed E-state index contributed by atoms with van der Waals surface area (Å²) in [6.45, 7) is 0.669. The highest BCUT2D eigenvalue weighted by atomic mass is 16.2. The molecule has 17 heavy (non-hydrogen) atoms. The highest BCUT2D eigenvalue weighted by molar-refractivity contribution is 6.00. The van der Waals surface area contributed by atoms with Gasteiger partial charge in [0.2, 0.25) is 11.8 Å². The Balaban J connectivity index is 1.77. The van der Waals surface area contributed by atoms with E-state index in [0.717, 1.165) is 5.70 Å². The Hall–Kier alpha value is -2.04. The van der Waals surface area contributed by atoms with Gasteiger partial charge >= 0.3 is 0 Å². The average Bonchev–Trinajstić information content (AvgIpc) is 2.72. The quantitative estimate of drug-likeness (QED) is 0.659. The van der Waals surface area contributed by atoms with Gasteiger partial charge in [0.15, 0.2) is 0 Å². The average molecular weight is 231 g/mol. The summed E-state index contributed by atoms with van der Waals surface area (Å²) in [6, 6.07) is -0.229. The van der Waals surface area contributed by atoms with E-state index >= 15 is 0 Å². The maximum Gasteiger partial charge on any atom is 0.249 e. The zero-order valence-electron chi connectivity index (χ0n) is 9.30. The molecule has 0 aromatic heterocycles. The van der Waals surface area contributed by atoms with Gasteiger partial charge < -0.3 is 9.80 Å². The molecule has 3 heterocycles. The lowest BCUT2D eigenvalue weighted by Gasteiger charge is -2.30. The van der Waals surface area contributed by atoms with Gasteiger partial charge in [0.05, 0.1) is 12.4 Å². The number of piperidine rings is 1. The van der Waals surface area contributed by atoms with E-state index < -0.39 is 0 Å². The first-order valence-electron chi connectivity index (χ1n) is 5.67. The Morgan fingerprint density at radius 2 is 2.18 bits per heavy atom. The standard InChI is InChI=1S/C12H13N3O2/c16-11-5-4-10(12(17)13-11)15-7-9-3-1-2-6-14(9)8-15/h1-3,6-7,10H,4-5,8H2,(H,13,16,17)/t10-/m0/s1. The van der Waals surface area contributed by atoms with Crippen LogP contribution in [0.5, 0.6) is 0 Å². The smallest absolute Gasteiger partial charge is 0.249 e. The van der Waals surface area contributed by atoms with Crippen molar-refractivity contribution in [3.63, 3.8) is 0 Å². The number of hydrogen-bond donors (Lipinski definition) is 1. The fourth-order valence-corrected chi connectivity index (χ4v) is 2.31. The van der Waals surface area contributed by atoms with Crippen LogP contribution in [0.3, 0.4) is 0 Å². The lowest BCUT2D eigenvalue weighted by Crippen LogP contribution is -2.51. The van der Waals surface area contributed by atoms with Crippen molar-refractivity contribution >= 4 is 11.8 Å². The van der Waals surface area contributed by atoms with Crippen LogP contribution in [0.25, 0.3) is 0 Å². The molecule has 0 aromatic carbocycles. The third kappa shape index (κ3) is 1.73. The molecule has 0 aromatic rings. The van der Waals surface area contributed by atoms with Crippen LogP contribution in [-0.4, -0.2) is 34.3 Å². The van der Waals surface area contributed by atoms with Crippen LogP contribution in [0, 0.1) is 0 Å². The van der Waals surface area contributed by atoms with Crippen molar-refractivity contribution < 1.29 is 9.59 Å². The molecule has 1 fully saturated rings. The van der Waals surface area contributed by atoms with E-state index in [2.05, 4.69) is 10.2 Å². The minimum atomic E-state index is -0.229. The molecule has 1 N–H and O–H groups in total. The fraction of sp³-hybridized carbons (Fsp3) is 0.333. The van der Waals surface area contributed by atoms with Crippen molar-refractivity contribution in [2.45, 2.75) is 18.9 Å². The van der Waals surface area contributed by atoms with E-state index in [1.807, 2.05) is 35.5 Å². The number of nitrogens with zero attached hydrogens (tertiary/aromatic N) is 2. The van der Waals surface area contributed by atoms with Gasteiger partial charge in [-0.3, -0.25) is 14.9 Å². The second-order valence-electron chi connectivity index (χ2n) is 4.35. The minimum absolute atomic E-state index is 0.171. The normalized spacial score (nSPS) is 27.1. The van der Waals surface area contributed by atoms with Gasteiger partial charge in [0, 0.05) is 18.8 Å². The number of amides is 2. The lowest BCUT2D eigenvalue weighted by molar-refractivity contribution is -0.136. The zero-order valence-corrected chi connectivity index (χ0v) is 9.30. The molecule has 88 valence electrons. The molecule has 1 atom stereocenters. The van der Waals surface area contributed by atoms with Crippen molar-refractivity contribution in [1.82, 2.24) is 15.1 Å². The summed E-state index contributed by atoms with van der Waals surface area (Å²) >= 11 is 0. The molecule has 0 saturated carbocycles. The first-order chi connectivity index (χ1) is 8.24. The van der Waals surface area contributed by atoms with Crippen molar-refractivity contribution in [2.75, 3.05) is 6.67 Å². The van der Waals surface area contributed by atoms with E-state index in [-0.39, 0.29) is 17.9 Å². The van der Waals surface area contributed by atoms with E-state index in [9.17, 15) is 9.59 Å². The number of rotatable bonds is 1. The van der Waals surface area contributed by atoms with Gasteiger partial charge in [-0.05, 0) is 18.6 Å². The predicted molar refractivity (Wildman–Crippen MR) is 61.1 cm³/mol. The van der Waals surface area contributed by atoms with Crippen molar-refractivity contribution in [1.29, 1.82) is 0 Å². The predicted octanol–water partition coefficient (Wildman–Crippen LogP) is 0.292. The monoisotopic (exact) mass is 231 g/mol. The fourth-order valence-electron chi connectivity index (χ4n) is 2.31. The molecule has 3 rings (SSSR count). The van der Waals surface area contributed by atoms with Crippen molar-refractivity contribution in [2.24, 2.45) is 0 Å². The second kappa shape index (κ2) is 3.76. The lowest BCUT2D eigenvalue weighted by atomic mass is 10.1. The highest BCUT2D eigenvalue weighted by Crippen LogP contribution is 2.24. The number of imide groups is 1. The molecular weight excluding hydrogens is 218 g/mol. The van der Waals surface area contributed by atoms with Crippen LogP contribution < -0.4 is 5.32 Å². The van der Waals surface area contributed by atoms with Gasteiger partial charge in [-0.1, -0.05) is 6.08 Å². The Morgan fingerprint density at radius 1 is 1.29 bits per heavy atom. The molecule has 3 aliphatic rings. The van der Waals surface area contributed by atoms with Gasteiger partial charge in [0.1, 0.15) is 6.04 Å². The molecule has 0 bridgehead atoms. The Bertz CT molecular complexity index is 464. The molecular formula is C12H13N3O2. The summed E-state index contributed by atoms with van der Waals surface area (Å²) in [5.74, 6) is -0.360. The summed E-state index contributed by atoms with van der Waals surface area (Å²) in [6.07, 6.45) is 10.9. The molecule has 5 heteroatoms. The topological polar surface area (TPSA) is 52.7 Å². The van der Waals surface area contributed by atoms with E-state index in [1.165, 1.54) is 0 Å². The number of hydrogen-bond acceptors (Lipinski definition) is 4. The molecule has 1 saturated heterocycles. The van der Waals surface area contributed by atoms with Gasteiger partial charge in [-0.25, -0.2) is 0 Å². The zero-order chi connectivity index (χ0) is 11.8. The van der Waals surface area contributed by atoms with Crippen LogP contribution in [0.2, 0.25) is 0 Å². The van der Waals surface area contributed by atoms with Crippen LogP contribution in [-0.2, 0) is 9.59 Å². The van der Waals surface area contributed by atoms with Crippen LogP contribution >= 0.6 is 0 Å². The number of nitrogens with one attached hydrogen (secondary N) is 1. The largest absolute Gasteiger partial charge is 0.346 e. The Kier molecular flexibility index (Phi) is 2.24. The number of carbonyl (C=O) groups is 2. The third-order valence-corrected chi connectivity index (χ3v) is 3.20. The molecule has 0 radical (unpaired) electrons. The summed E-state index contributed by atoms with van der Waals surface area (Å²) in [4.78, 5) is 26.9. The first-order valence-corrected chi connectivity index (χ1v) is 5.67. The van der Waals surface area contributed by atoms with Crippen LogP contribution in [0.1, 0.15) is 12.8 Å². The number of fused-ring (bicyclic) bond motifs is 1. The van der Waals surface area contributed by atoms with Gasteiger partial charge in [0.25, 0.3) is 0 Å². The highest BCUT2D eigenvalue weighted by Gasteiger charge is 2.33. The summed E-state index contributed by atoms with van der Waals surface area (Å²) in [7, 11) is 0. The summed E-state index contributed by atoms with van der Waals surface area (Å²) < 4.78 is 0. The second-order valence-corrected chi connectivity index (χ2v) is 4.35. The third-order valence-electron chi connectivity index (χ3n) is 3.20. The summed E-state index contributed by atoms with van der Waals surface area (Å²) in [5, 5.41) is 2.38. The van der Waals surface area contributed by atoms with Gasteiger partial charge in [-0.15, -0.1) is 0 Å². The van der Waals surface area contributed by atoms with Crippen molar-refractivity contribution in [3.05, 3.63) is 36.3 Å². The van der Waals surface area contributed by atoms with E-state index in [0.29, 0.717) is 19.5 Å². The number of carbonyl (C=O) groups excluding carboxylic acids is 2. The minimum Gasteiger partial charge on any atom is -0.346 e. The molecule has 0 aliphatic carbocycles. The van der Waals surface area contributed by atoms with Gasteiger partial charge in [-0.2, -0.15) is 0 Å². The maximum atomic E-state index is 11.7. The molecule has 0 spiro atoms.